The number of hydrogen-bond acceptors (Lipinski definition) is 4. The number of nitrogens with two attached hydrogens (primary N) is 1. The molecule has 0 radical (unpaired) electrons. The number of amides is 1. The predicted octanol–water partition coefficient (Wildman–Crippen LogP) is 3.04. The minimum Gasteiger partial charge on any atom is -0.495 e. The minimum atomic E-state index is -3.86. The van der Waals surface area contributed by atoms with Crippen LogP contribution in [0, 0.1) is 0 Å². The number of sulfonamides is 1. The molecule has 0 aliphatic heterocycles. The van der Waals surface area contributed by atoms with Crippen molar-refractivity contribution in [3.05, 3.63) is 53.6 Å². The molecule has 0 heterocycles. The van der Waals surface area contributed by atoms with Gasteiger partial charge in [0.05, 0.1) is 17.7 Å². The number of methoxy groups -OCH3 is 1. The Hall–Kier alpha value is -2.38. The quantitative estimate of drug-likeness (QED) is 0.776. The van der Waals surface area contributed by atoms with Crippen LogP contribution in [0.4, 0.5) is 5.69 Å². The summed E-state index contributed by atoms with van der Waals surface area (Å²) in [5.41, 5.74) is 2.59. The van der Waals surface area contributed by atoms with Crippen molar-refractivity contribution in [1.29, 1.82) is 0 Å². The van der Waals surface area contributed by atoms with E-state index in [-0.39, 0.29) is 22.9 Å². The molecule has 0 aliphatic carbocycles. The second kappa shape index (κ2) is 8.33. The van der Waals surface area contributed by atoms with Crippen LogP contribution in [0.2, 0.25) is 0 Å². The van der Waals surface area contributed by atoms with Gasteiger partial charge in [-0.3, -0.25) is 4.79 Å². The predicted molar refractivity (Wildman–Crippen MR) is 102 cm³/mol. The molecule has 1 amide bonds. The zero-order valence-corrected chi connectivity index (χ0v) is 16.0. The van der Waals surface area contributed by atoms with Crippen molar-refractivity contribution in [3.63, 3.8) is 0 Å². The molecule has 0 saturated carbocycles. The Morgan fingerprint density at radius 2 is 1.81 bits per heavy atom. The summed E-state index contributed by atoms with van der Waals surface area (Å²) < 4.78 is 28.1. The zero-order valence-electron chi connectivity index (χ0n) is 15.2. The Bertz CT molecular complexity index is 875. The number of carbonyl (C=O) groups is 1. The highest BCUT2D eigenvalue weighted by Gasteiger charge is 2.14. The van der Waals surface area contributed by atoms with E-state index in [1.54, 1.807) is 0 Å². The molecule has 2 aromatic carbocycles. The van der Waals surface area contributed by atoms with Crippen LogP contribution in [0.3, 0.4) is 0 Å². The van der Waals surface area contributed by atoms with Gasteiger partial charge in [-0.15, -0.1) is 0 Å². The van der Waals surface area contributed by atoms with E-state index < -0.39 is 10.0 Å². The van der Waals surface area contributed by atoms with Gasteiger partial charge in [-0.2, -0.15) is 0 Å². The van der Waals surface area contributed by atoms with Crippen LogP contribution >= 0.6 is 0 Å². The first-order chi connectivity index (χ1) is 12.2. The third kappa shape index (κ3) is 5.31. The lowest BCUT2D eigenvalue weighted by Gasteiger charge is -2.12. The molecule has 0 aliphatic rings. The Morgan fingerprint density at radius 1 is 1.15 bits per heavy atom. The number of nitrogens with one attached hydrogen (secondary N) is 1. The van der Waals surface area contributed by atoms with Gasteiger partial charge in [0.15, 0.2) is 0 Å². The molecule has 0 unspecified atom stereocenters. The third-order valence-electron chi connectivity index (χ3n) is 4.06. The average molecular weight is 376 g/mol. The van der Waals surface area contributed by atoms with Gasteiger partial charge in [-0.05, 0) is 41.7 Å². The van der Waals surface area contributed by atoms with Crippen LogP contribution in [0.15, 0.2) is 47.4 Å². The lowest BCUT2D eigenvalue weighted by Crippen LogP contribution is -2.15. The lowest BCUT2D eigenvalue weighted by atomic mass is 10.0. The largest absolute Gasteiger partial charge is 0.495 e. The Balaban J connectivity index is 2.05. The van der Waals surface area contributed by atoms with Crippen molar-refractivity contribution in [2.24, 2.45) is 5.14 Å². The standard InChI is InChI=1S/C19H24N2O4S/c1-13(2)15-7-4-14(5-8-15)6-11-19(22)21-17-12-16(26(20,23)24)9-10-18(17)25-3/h4-5,7-10,12-13H,6,11H2,1-3H3,(H,21,22)(H2,20,23,24). The van der Waals surface area contributed by atoms with Crippen LogP contribution in [-0.4, -0.2) is 21.4 Å². The van der Waals surface area contributed by atoms with E-state index in [1.807, 2.05) is 12.1 Å². The highest BCUT2D eigenvalue weighted by atomic mass is 32.2. The number of benzene rings is 2. The van der Waals surface area contributed by atoms with E-state index >= 15 is 0 Å². The molecule has 140 valence electrons. The van der Waals surface area contributed by atoms with E-state index in [1.165, 1.54) is 30.9 Å². The highest BCUT2D eigenvalue weighted by molar-refractivity contribution is 7.89. The van der Waals surface area contributed by atoms with Gasteiger partial charge in [0.1, 0.15) is 5.75 Å². The molecule has 0 fully saturated rings. The molecule has 0 saturated heterocycles. The summed E-state index contributed by atoms with van der Waals surface area (Å²) in [5, 5.41) is 7.82. The van der Waals surface area contributed by atoms with Crippen molar-refractivity contribution >= 4 is 21.6 Å². The summed E-state index contributed by atoms with van der Waals surface area (Å²) in [4.78, 5) is 12.2. The van der Waals surface area contributed by atoms with E-state index in [4.69, 9.17) is 9.88 Å². The van der Waals surface area contributed by atoms with Gasteiger partial charge in [-0.1, -0.05) is 38.1 Å². The van der Waals surface area contributed by atoms with E-state index in [0.717, 1.165) is 5.56 Å². The first-order valence-electron chi connectivity index (χ1n) is 8.30. The van der Waals surface area contributed by atoms with Gasteiger partial charge in [-0.25, -0.2) is 13.6 Å². The number of rotatable bonds is 7. The number of ether oxygens (including phenoxy) is 1. The van der Waals surface area contributed by atoms with Gasteiger partial charge in [0.25, 0.3) is 0 Å². The van der Waals surface area contributed by atoms with Gasteiger partial charge >= 0.3 is 0 Å². The second-order valence-corrected chi connectivity index (χ2v) is 7.91. The zero-order chi connectivity index (χ0) is 19.3. The molecule has 2 aromatic rings. The van der Waals surface area contributed by atoms with Crippen molar-refractivity contribution in [2.75, 3.05) is 12.4 Å². The molecule has 3 N–H and O–H groups in total. The Morgan fingerprint density at radius 3 is 2.35 bits per heavy atom. The summed E-state index contributed by atoms with van der Waals surface area (Å²) >= 11 is 0. The van der Waals surface area contributed by atoms with Crippen molar-refractivity contribution in [2.45, 2.75) is 37.5 Å². The van der Waals surface area contributed by atoms with Crippen LogP contribution in [-0.2, 0) is 21.2 Å². The first kappa shape index (κ1) is 19.9. The Kier molecular flexibility index (Phi) is 6.39. The lowest BCUT2D eigenvalue weighted by molar-refractivity contribution is -0.116. The number of anilines is 1. The Labute approximate surface area is 154 Å². The SMILES string of the molecule is COc1ccc(S(N)(=O)=O)cc1NC(=O)CCc1ccc(C(C)C)cc1. The normalized spacial score (nSPS) is 11.4. The molecule has 0 aromatic heterocycles. The van der Waals surface area contributed by atoms with E-state index in [9.17, 15) is 13.2 Å². The number of primary sulfonamides is 1. The molecule has 7 heteroatoms. The highest BCUT2D eigenvalue weighted by Crippen LogP contribution is 2.27. The van der Waals surface area contributed by atoms with Crippen LogP contribution < -0.4 is 15.2 Å². The monoisotopic (exact) mass is 376 g/mol. The molecule has 6 nitrogen and oxygen atoms in total. The van der Waals surface area contributed by atoms with E-state index in [0.29, 0.717) is 18.1 Å². The van der Waals surface area contributed by atoms with Crippen LogP contribution in [0.25, 0.3) is 0 Å². The number of aryl methyl sites for hydroxylation is 1. The summed E-state index contributed by atoms with van der Waals surface area (Å²) in [6.07, 6.45) is 0.852. The molecular weight excluding hydrogens is 352 g/mol. The summed E-state index contributed by atoms with van der Waals surface area (Å²) in [6.45, 7) is 4.26. The van der Waals surface area contributed by atoms with Crippen molar-refractivity contribution in [3.8, 4) is 5.75 Å². The van der Waals surface area contributed by atoms with Crippen molar-refractivity contribution in [1.82, 2.24) is 0 Å². The van der Waals surface area contributed by atoms with Gasteiger partial charge in [0, 0.05) is 6.42 Å². The first-order valence-corrected chi connectivity index (χ1v) is 9.85. The average Bonchev–Trinajstić information content (AvgIpc) is 2.59. The molecule has 2 rings (SSSR count). The third-order valence-corrected chi connectivity index (χ3v) is 4.97. The maximum Gasteiger partial charge on any atom is 0.238 e. The maximum atomic E-state index is 12.2. The summed E-state index contributed by atoms with van der Waals surface area (Å²) in [7, 11) is -2.42. The topological polar surface area (TPSA) is 98.5 Å². The molecular formula is C19H24N2O4S. The smallest absolute Gasteiger partial charge is 0.238 e. The van der Waals surface area contributed by atoms with Crippen LogP contribution in [0.1, 0.15) is 37.3 Å². The van der Waals surface area contributed by atoms with Gasteiger partial charge in [0.2, 0.25) is 15.9 Å². The molecule has 26 heavy (non-hydrogen) atoms. The summed E-state index contributed by atoms with van der Waals surface area (Å²) in [6, 6.07) is 12.3. The molecule has 0 atom stereocenters. The fourth-order valence-electron chi connectivity index (χ4n) is 2.50. The van der Waals surface area contributed by atoms with Crippen molar-refractivity contribution < 1.29 is 17.9 Å². The minimum absolute atomic E-state index is 0.0853. The van der Waals surface area contributed by atoms with Gasteiger partial charge < -0.3 is 10.1 Å². The summed E-state index contributed by atoms with van der Waals surface area (Å²) in [5.74, 6) is 0.598. The second-order valence-electron chi connectivity index (χ2n) is 6.35. The molecule has 0 spiro atoms. The number of carbonyl (C=O) groups excluding carboxylic acids is 1. The fourth-order valence-corrected chi connectivity index (χ4v) is 3.04. The fraction of sp³-hybridized carbons (Fsp3) is 0.316. The number of hydrogen-bond donors (Lipinski definition) is 2. The molecule has 0 bridgehead atoms. The van der Waals surface area contributed by atoms with E-state index in [2.05, 4.69) is 31.3 Å². The van der Waals surface area contributed by atoms with Crippen LogP contribution in [0.5, 0.6) is 5.75 Å². The maximum absolute atomic E-state index is 12.2.